The van der Waals surface area contributed by atoms with Crippen LogP contribution in [-0.2, 0) is 4.79 Å². The van der Waals surface area contributed by atoms with Crippen molar-refractivity contribution in [2.75, 3.05) is 4.90 Å². The number of thiocarbonyl (C=S) groups is 1. The molecule has 3 rings (SSSR count). The maximum Gasteiger partial charge on any atom is 0.387 e. The lowest BCUT2D eigenvalue weighted by Gasteiger charge is -2.14. The first kappa shape index (κ1) is 19.0. The average molecular weight is 407 g/mol. The number of nitrogens with zero attached hydrogens (tertiary/aromatic N) is 1. The predicted molar refractivity (Wildman–Crippen MR) is 102 cm³/mol. The number of thioether (sulfide) groups is 1. The predicted octanol–water partition coefficient (Wildman–Crippen LogP) is 4.39. The van der Waals surface area contributed by atoms with E-state index in [1.165, 1.54) is 41.3 Å². The van der Waals surface area contributed by atoms with Crippen LogP contribution in [-0.4, -0.2) is 27.9 Å². The summed E-state index contributed by atoms with van der Waals surface area (Å²) in [5.41, 5.74) is 1.19. The zero-order valence-corrected chi connectivity index (χ0v) is 15.1. The second-order valence-electron chi connectivity index (χ2n) is 5.32. The Morgan fingerprint density at radius 2 is 1.78 bits per heavy atom. The van der Waals surface area contributed by atoms with Crippen LogP contribution >= 0.6 is 24.0 Å². The average Bonchev–Trinajstić information content (AvgIpc) is 2.90. The largest absolute Gasteiger partial charge is 0.478 e. The maximum absolute atomic E-state index is 12.7. The Balaban J connectivity index is 1.80. The van der Waals surface area contributed by atoms with Gasteiger partial charge in [-0.3, -0.25) is 9.69 Å². The van der Waals surface area contributed by atoms with Gasteiger partial charge in [-0.25, -0.2) is 4.79 Å². The molecule has 0 aliphatic carbocycles. The second-order valence-corrected chi connectivity index (χ2v) is 6.99. The summed E-state index contributed by atoms with van der Waals surface area (Å²) in [6.07, 6.45) is 1.59. The number of hydrogen-bond acceptors (Lipinski definition) is 5. The molecule has 2 aromatic rings. The van der Waals surface area contributed by atoms with Gasteiger partial charge in [0, 0.05) is 0 Å². The van der Waals surface area contributed by atoms with Gasteiger partial charge >= 0.3 is 12.6 Å². The Morgan fingerprint density at radius 1 is 1.15 bits per heavy atom. The van der Waals surface area contributed by atoms with Crippen molar-refractivity contribution in [3.63, 3.8) is 0 Å². The molecule has 2 aromatic carbocycles. The number of carbonyl (C=O) groups is 2. The molecule has 1 heterocycles. The highest BCUT2D eigenvalue weighted by Gasteiger charge is 2.33. The van der Waals surface area contributed by atoms with Gasteiger partial charge in [-0.15, -0.1) is 0 Å². The Bertz CT molecular complexity index is 927. The number of benzene rings is 2. The molecular weight excluding hydrogens is 396 g/mol. The maximum atomic E-state index is 12.7. The molecule has 1 fully saturated rings. The fourth-order valence-corrected chi connectivity index (χ4v) is 3.64. The molecule has 5 nitrogen and oxygen atoms in total. The van der Waals surface area contributed by atoms with Crippen molar-refractivity contribution in [2.45, 2.75) is 6.61 Å². The number of amides is 1. The van der Waals surface area contributed by atoms with Crippen LogP contribution in [0.15, 0.2) is 53.4 Å². The smallest absolute Gasteiger partial charge is 0.387 e. The SMILES string of the molecule is O=C(O)c1ccc(N2C(=O)/C(=C\c3ccc(OC(F)F)cc3)SC2=S)cc1. The van der Waals surface area contributed by atoms with Crippen LogP contribution in [0.1, 0.15) is 15.9 Å². The van der Waals surface area contributed by atoms with Crippen molar-refractivity contribution in [1.29, 1.82) is 0 Å². The highest BCUT2D eigenvalue weighted by molar-refractivity contribution is 8.27. The molecule has 0 bridgehead atoms. The standard InChI is InChI=1S/C18H11F2NO4S2/c19-17(20)25-13-7-1-10(2-8-13)9-14-15(22)21(18(26)27-14)12-5-3-11(4-6-12)16(23)24/h1-9,17H,(H,23,24)/b14-9+. The van der Waals surface area contributed by atoms with Crippen LogP contribution in [0.25, 0.3) is 6.08 Å². The van der Waals surface area contributed by atoms with Gasteiger partial charge in [-0.1, -0.05) is 36.1 Å². The number of aromatic carboxylic acids is 1. The van der Waals surface area contributed by atoms with E-state index in [9.17, 15) is 18.4 Å². The van der Waals surface area contributed by atoms with Gasteiger partial charge in [0.25, 0.3) is 5.91 Å². The summed E-state index contributed by atoms with van der Waals surface area (Å²) < 4.78 is 29.0. The lowest BCUT2D eigenvalue weighted by atomic mass is 10.2. The van der Waals surface area contributed by atoms with Crippen LogP contribution in [0, 0.1) is 0 Å². The Kier molecular flexibility index (Phi) is 5.52. The molecule has 0 aromatic heterocycles. The summed E-state index contributed by atoms with van der Waals surface area (Å²) in [6.45, 7) is -2.90. The molecule has 1 saturated heterocycles. The number of carbonyl (C=O) groups excluding carboxylic acids is 1. The van der Waals surface area contributed by atoms with Crippen molar-refractivity contribution >= 4 is 51.9 Å². The van der Waals surface area contributed by atoms with Gasteiger partial charge in [0.15, 0.2) is 4.32 Å². The highest BCUT2D eigenvalue weighted by Crippen LogP contribution is 2.36. The van der Waals surface area contributed by atoms with Crippen LogP contribution < -0.4 is 9.64 Å². The number of carboxylic acids is 1. The van der Waals surface area contributed by atoms with Gasteiger partial charge in [0.2, 0.25) is 0 Å². The van der Waals surface area contributed by atoms with Crippen molar-refractivity contribution in [2.24, 2.45) is 0 Å². The molecular formula is C18H11F2NO4S2. The Hall–Kier alpha value is -2.78. The van der Waals surface area contributed by atoms with Gasteiger partial charge in [-0.2, -0.15) is 8.78 Å². The number of alkyl halides is 2. The van der Waals surface area contributed by atoms with E-state index < -0.39 is 12.6 Å². The Labute approximate surface area is 162 Å². The van der Waals surface area contributed by atoms with Crippen molar-refractivity contribution in [3.05, 3.63) is 64.6 Å². The summed E-state index contributed by atoms with van der Waals surface area (Å²) in [4.78, 5) is 25.3. The van der Waals surface area contributed by atoms with Gasteiger partial charge in [0.05, 0.1) is 16.2 Å². The molecule has 0 saturated carbocycles. The van der Waals surface area contributed by atoms with Crippen LogP contribution in [0.4, 0.5) is 14.5 Å². The zero-order chi connectivity index (χ0) is 19.6. The summed E-state index contributed by atoms with van der Waals surface area (Å²) in [5, 5.41) is 8.95. The number of halogens is 2. The fourth-order valence-electron chi connectivity index (χ4n) is 2.34. The first-order valence-corrected chi connectivity index (χ1v) is 8.74. The number of anilines is 1. The van der Waals surface area contributed by atoms with Crippen LogP contribution in [0.3, 0.4) is 0 Å². The van der Waals surface area contributed by atoms with E-state index in [2.05, 4.69) is 4.74 Å². The van der Waals surface area contributed by atoms with E-state index in [1.807, 2.05) is 0 Å². The molecule has 1 aliphatic rings. The third-order valence-electron chi connectivity index (χ3n) is 3.57. The minimum absolute atomic E-state index is 0.0215. The third-order valence-corrected chi connectivity index (χ3v) is 4.87. The normalized spacial score (nSPS) is 15.7. The quantitative estimate of drug-likeness (QED) is 0.586. The van der Waals surface area contributed by atoms with Gasteiger partial charge in [0.1, 0.15) is 5.75 Å². The number of hydrogen-bond donors (Lipinski definition) is 1. The van der Waals surface area contributed by atoms with E-state index in [4.69, 9.17) is 17.3 Å². The van der Waals surface area contributed by atoms with E-state index in [0.717, 1.165) is 11.8 Å². The topological polar surface area (TPSA) is 66.8 Å². The van der Waals surface area contributed by atoms with E-state index in [0.29, 0.717) is 20.5 Å². The van der Waals surface area contributed by atoms with Crippen molar-refractivity contribution in [3.8, 4) is 5.75 Å². The number of ether oxygens (including phenoxy) is 1. The van der Waals surface area contributed by atoms with Crippen LogP contribution in [0.2, 0.25) is 0 Å². The summed E-state index contributed by atoms with van der Waals surface area (Å²) in [6, 6.07) is 11.6. The minimum atomic E-state index is -2.90. The molecule has 9 heteroatoms. The van der Waals surface area contributed by atoms with Crippen molar-refractivity contribution in [1.82, 2.24) is 0 Å². The molecule has 138 valence electrons. The first-order chi connectivity index (χ1) is 12.8. The lowest BCUT2D eigenvalue weighted by Crippen LogP contribution is -2.27. The number of carboxylic acid groups (broad SMARTS) is 1. The molecule has 1 N–H and O–H groups in total. The molecule has 0 atom stereocenters. The molecule has 0 radical (unpaired) electrons. The van der Waals surface area contributed by atoms with E-state index in [1.54, 1.807) is 18.2 Å². The molecule has 1 aliphatic heterocycles. The van der Waals surface area contributed by atoms with Crippen LogP contribution in [0.5, 0.6) is 5.75 Å². The highest BCUT2D eigenvalue weighted by atomic mass is 32.2. The van der Waals surface area contributed by atoms with E-state index in [-0.39, 0.29) is 17.2 Å². The van der Waals surface area contributed by atoms with E-state index >= 15 is 0 Å². The second kappa shape index (κ2) is 7.85. The summed E-state index contributed by atoms with van der Waals surface area (Å²) in [5.74, 6) is -1.39. The summed E-state index contributed by atoms with van der Waals surface area (Å²) in [7, 11) is 0. The number of rotatable bonds is 5. The molecule has 1 amide bonds. The molecule has 0 unspecified atom stereocenters. The van der Waals surface area contributed by atoms with Crippen molar-refractivity contribution < 1.29 is 28.2 Å². The third kappa shape index (κ3) is 4.32. The van der Waals surface area contributed by atoms with Gasteiger partial charge < -0.3 is 9.84 Å². The first-order valence-electron chi connectivity index (χ1n) is 7.51. The fraction of sp³-hybridized carbons (Fsp3) is 0.0556. The molecule has 27 heavy (non-hydrogen) atoms. The Morgan fingerprint density at radius 3 is 2.33 bits per heavy atom. The minimum Gasteiger partial charge on any atom is -0.478 e. The van der Waals surface area contributed by atoms with Gasteiger partial charge in [-0.05, 0) is 48.0 Å². The zero-order valence-electron chi connectivity index (χ0n) is 13.5. The summed E-state index contributed by atoms with van der Waals surface area (Å²) >= 11 is 6.35. The lowest BCUT2D eigenvalue weighted by molar-refractivity contribution is -0.113. The molecule has 0 spiro atoms. The monoisotopic (exact) mass is 407 g/mol.